The second kappa shape index (κ2) is 6.87. The van der Waals surface area contributed by atoms with Crippen molar-refractivity contribution in [2.45, 2.75) is 58.3 Å². The van der Waals surface area contributed by atoms with Gasteiger partial charge in [0.25, 0.3) is 10.1 Å². The van der Waals surface area contributed by atoms with E-state index in [0.29, 0.717) is 5.89 Å². The van der Waals surface area contributed by atoms with Gasteiger partial charge in [-0.25, -0.2) is 0 Å². The van der Waals surface area contributed by atoms with E-state index in [1.807, 2.05) is 13.8 Å². The molecular weight excluding hydrogens is 292 g/mol. The molecule has 0 spiro atoms. The predicted molar refractivity (Wildman–Crippen MR) is 78.5 cm³/mol. The van der Waals surface area contributed by atoms with Crippen LogP contribution in [0.1, 0.15) is 70.0 Å². The van der Waals surface area contributed by atoms with Gasteiger partial charge in [0, 0.05) is 11.8 Å². The minimum Gasteiger partial charge on any atom is -0.339 e. The van der Waals surface area contributed by atoms with Crippen molar-refractivity contribution >= 4 is 10.1 Å². The van der Waals surface area contributed by atoms with Crippen molar-refractivity contribution < 1.29 is 17.1 Å². The van der Waals surface area contributed by atoms with Gasteiger partial charge in [0.05, 0.1) is 12.4 Å². The molecule has 21 heavy (non-hydrogen) atoms. The molecule has 1 heterocycles. The van der Waals surface area contributed by atoms with Gasteiger partial charge < -0.3 is 4.52 Å². The van der Waals surface area contributed by atoms with Crippen molar-refractivity contribution in [3.63, 3.8) is 0 Å². The molecule has 0 unspecified atom stereocenters. The van der Waals surface area contributed by atoms with Gasteiger partial charge in [0.15, 0.2) is 5.82 Å². The van der Waals surface area contributed by atoms with Crippen LogP contribution in [0.15, 0.2) is 4.52 Å². The Morgan fingerprint density at radius 2 is 1.95 bits per heavy atom. The summed E-state index contributed by atoms with van der Waals surface area (Å²) in [6.45, 7) is 5.96. The summed E-state index contributed by atoms with van der Waals surface area (Å²) in [4.78, 5) is 4.44. The minimum atomic E-state index is -3.37. The van der Waals surface area contributed by atoms with Gasteiger partial charge in [0.2, 0.25) is 5.89 Å². The van der Waals surface area contributed by atoms with Gasteiger partial charge in [-0.1, -0.05) is 19.0 Å². The van der Waals surface area contributed by atoms with E-state index < -0.39 is 10.1 Å². The summed E-state index contributed by atoms with van der Waals surface area (Å²) in [6, 6.07) is 0. The zero-order valence-electron chi connectivity index (χ0n) is 12.9. The Hall–Kier alpha value is -0.950. The molecule has 0 aliphatic heterocycles. The summed E-state index contributed by atoms with van der Waals surface area (Å²) in [5, 5.41) is 3.99. The van der Waals surface area contributed by atoms with Gasteiger partial charge in [-0.3, -0.25) is 4.18 Å². The Balaban J connectivity index is 1.88. The van der Waals surface area contributed by atoms with Crippen LogP contribution in [0.4, 0.5) is 0 Å². The molecule has 7 heteroatoms. The third-order valence-electron chi connectivity index (χ3n) is 3.91. The Bertz CT molecular complexity index is 545. The molecular formula is C14H24N2O4S. The van der Waals surface area contributed by atoms with Gasteiger partial charge in [-0.2, -0.15) is 13.4 Å². The molecule has 0 saturated heterocycles. The third kappa shape index (κ3) is 4.51. The zero-order valence-corrected chi connectivity index (χ0v) is 13.7. The zero-order chi connectivity index (χ0) is 15.5. The first-order valence-electron chi connectivity index (χ1n) is 7.62. The highest BCUT2D eigenvalue weighted by Gasteiger charge is 2.29. The fraction of sp³-hybridized carbons (Fsp3) is 0.857. The van der Waals surface area contributed by atoms with Gasteiger partial charge >= 0.3 is 0 Å². The summed E-state index contributed by atoms with van der Waals surface area (Å²) in [5.74, 6) is 2.25. The van der Waals surface area contributed by atoms with Crippen LogP contribution < -0.4 is 0 Å². The van der Waals surface area contributed by atoms with E-state index in [0.717, 1.165) is 31.5 Å². The van der Waals surface area contributed by atoms with Crippen molar-refractivity contribution in [1.29, 1.82) is 0 Å². The maximum absolute atomic E-state index is 11.7. The summed E-state index contributed by atoms with van der Waals surface area (Å²) >= 11 is 0. The highest BCUT2D eigenvalue weighted by Crippen LogP contribution is 2.36. The van der Waals surface area contributed by atoms with Gasteiger partial charge in [-0.15, -0.1) is 0 Å². The van der Waals surface area contributed by atoms with E-state index >= 15 is 0 Å². The number of hydrogen-bond acceptors (Lipinski definition) is 6. The molecule has 0 amide bonds. The lowest BCUT2D eigenvalue weighted by molar-refractivity contribution is 0.274. The molecule has 1 aromatic heterocycles. The molecule has 1 aliphatic carbocycles. The fourth-order valence-corrected chi connectivity index (χ4v) is 4.11. The number of nitrogens with zero attached hydrogens (tertiary/aromatic N) is 2. The van der Waals surface area contributed by atoms with Gasteiger partial charge in [-0.05, 0) is 38.5 Å². The van der Waals surface area contributed by atoms with E-state index in [4.69, 9.17) is 8.71 Å². The Morgan fingerprint density at radius 1 is 1.29 bits per heavy atom. The van der Waals surface area contributed by atoms with Crippen molar-refractivity contribution in [1.82, 2.24) is 10.1 Å². The Morgan fingerprint density at radius 3 is 2.48 bits per heavy atom. The highest BCUT2D eigenvalue weighted by atomic mass is 32.2. The molecule has 1 aliphatic rings. The average molecular weight is 316 g/mol. The van der Waals surface area contributed by atoms with E-state index in [1.54, 1.807) is 6.92 Å². The Labute approximate surface area is 126 Å². The molecule has 0 aromatic carbocycles. The van der Waals surface area contributed by atoms with E-state index in [1.165, 1.54) is 0 Å². The molecule has 1 fully saturated rings. The normalized spacial score (nSPS) is 23.6. The third-order valence-corrected chi connectivity index (χ3v) is 5.38. The van der Waals surface area contributed by atoms with Gasteiger partial charge in [0.1, 0.15) is 0 Å². The molecule has 6 nitrogen and oxygen atoms in total. The summed E-state index contributed by atoms with van der Waals surface area (Å²) in [7, 11) is -3.37. The smallest absolute Gasteiger partial charge is 0.267 e. The molecule has 0 bridgehead atoms. The molecule has 2 rings (SSSR count). The SMILES string of the molecule is CCOS(=O)(=O)CC1CCC(c2nc(C(C)C)no2)CC1. The fourth-order valence-electron chi connectivity index (χ4n) is 2.74. The first-order chi connectivity index (χ1) is 9.91. The molecule has 1 aromatic rings. The monoisotopic (exact) mass is 316 g/mol. The van der Waals surface area contributed by atoms with Crippen molar-refractivity contribution in [2.24, 2.45) is 5.92 Å². The van der Waals surface area contributed by atoms with Crippen LogP contribution in [0.2, 0.25) is 0 Å². The summed E-state index contributed by atoms with van der Waals surface area (Å²) in [6.07, 6.45) is 3.50. The second-order valence-electron chi connectivity index (χ2n) is 5.99. The maximum Gasteiger partial charge on any atom is 0.267 e. The number of rotatable bonds is 6. The van der Waals surface area contributed by atoms with Crippen LogP contribution in [0, 0.1) is 5.92 Å². The van der Waals surface area contributed by atoms with Crippen LogP contribution in [0.25, 0.3) is 0 Å². The minimum absolute atomic E-state index is 0.120. The highest BCUT2D eigenvalue weighted by molar-refractivity contribution is 7.86. The lowest BCUT2D eigenvalue weighted by atomic mass is 9.83. The van der Waals surface area contributed by atoms with E-state index in [9.17, 15) is 8.42 Å². The summed E-state index contributed by atoms with van der Waals surface area (Å²) in [5.41, 5.74) is 0. The van der Waals surface area contributed by atoms with Crippen LogP contribution in [-0.4, -0.2) is 30.9 Å². The van der Waals surface area contributed by atoms with Crippen LogP contribution >= 0.6 is 0 Å². The lowest BCUT2D eigenvalue weighted by Crippen LogP contribution is -2.23. The maximum atomic E-state index is 11.7. The second-order valence-corrected chi connectivity index (χ2v) is 7.68. The molecule has 1 saturated carbocycles. The molecule has 0 atom stereocenters. The van der Waals surface area contributed by atoms with Crippen molar-refractivity contribution in [3.8, 4) is 0 Å². The quantitative estimate of drug-likeness (QED) is 0.751. The molecule has 0 N–H and O–H groups in total. The van der Waals surface area contributed by atoms with Crippen molar-refractivity contribution in [3.05, 3.63) is 11.7 Å². The molecule has 0 radical (unpaired) electrons. The standard InChI is InChI=1S/C14H24N2O4S/c1-4-19-21(17,18)9-11-5-7-12(8-6-11)14-15-13(10(2)3)16-20-14/h10-12H,4-9H2,1-3H3. The average Bonchev–Trinajstić information content (AvgIpc) is 2.88. The largest absolute Gasteiger partial charge is 0.339 e. The van der Waals surface area contributed by atoms with Crippen LogP contribution in [0.5, 0.6) is 0 Å². The predicted octanol–water partition coefficient (Wildman–Crippen LogP) is 2.83. The van der Waals surface area contributed by atoms with E-state index in [2.05, 4.69) is 10.1 Å². The van der Waals surface area contributed by atoms with E-state index in [-0.39, 0.29) is 30.1 Å². The van der Waals surface area contributed by atoms with Crippen LogP contribution in [-0.2, 0) is 14.3 Å². The summed E-state index contributed by atoms with van der Waals surface area (Å²) < 4.78 is 33.5. The number of aromatic nitrogens is 2. The Kier molecular flexibility index (Phi) is 5.37. The topological polar surface area (TPSA) is 82.3 Å². The first-order valence-corrected chi connectivity index (χ1v) is 9.19. The first kappa shape index (κ1) is 16.4. The van der Waals surface area contributed by atoms with Crippen LogP contribution in [0.3, 0.4) is 0 Å². The van der Waals surface area contributed by atoms with Crippen molar-refractivity contribution in [2.75, 3.05) is 12.4 Å². The number of hydrogen-bond donors (Lipinski definition) is 0. The lowest BCUT2D eigenvalue weighted by Gasteiger charge is -2.25. The molecule has 120 valence electrons.